The normalized spacial score (nSPS) is 14.7. The fraction of sp³-hybridized carbons (Fsp3) is 0.500. The maximum absolute atomic E-state index is 9.86. The lowest BCUT2D eigenvalue weighted by atomic mass is 10.0. The molecule has 1 atom stereocenters. The molecule has 4 rings (SSSR count). The van der Waals surface area contributed by atoms with E-state index in [0.29, 0.717) is 48.2 Å². The first kappa shape index (κ1) is 25.5. The number of likely N-dealkylation sites (N-methyl/N-ethyl adjacent to an activating group) is 1. The largest absolute Gasteiger partial charge is 0.494 e. The molecule has 1 aromatic carbocycles. The molecule has 194 valence electrons. The van der Waals surface area contributed by atoms with Gasteiger partial charge in [0.2, 0.25) is 11.9 Å². The summed E-state index contributed by atoms with van der Waals surface area (Å²) < 4.78 is 12.5. The molecule has 12 nitrogen and oxygen atoms in total. The number of morpholine rings is 1. The van der Waals surface area contributed by atoms with Crippen LogP contribution in [0.25, 0.3) is 5.82 Å². The Labute approximate surface area is 211 Å². The summed E-state index contributed by atoms with van der Waals surface area (Å²) in [7, 11) is 3.53. The first-order chi connectivity index (χ1) is 17.4. The van der Waals surface area contributed by atoms with Gasteiger partial charge in [0.05, 0.1) is 38.7 Å². The number of methoxy groups -OCH3 is 1. The number of aliphatic hydroxyl groups is 1. The fourth-order valence-electron chi connectivity index (χ4n) is 4.20. The van der Waals surface area contributed by atoms with Crippen LogP contribution in [0.5, 0.6) is 5.75 Å². The summed E-state index contributed by atoms with van der Waals surface area (Å²) in [5.74, 6) is 2.72. The van der Waals surface area contributed by atoms with E-state index in [4.69, 9.17) is 15.2 Å². The highest BCUT2D eigenvalue weighted by Gasteiger charge is 2.19. The summed E-state index contributed by atoms with van der Waals surface area (Å²) in [6.45, 7) is 7.37. The van der Waals surface area contributed by atoms with Crippen molar-refractivity contribution in [2.75, 3.05) is 67.9 Å². The number of nitrogens with zero attached hydrogens (tertiary/aromatic N) is 7. The van der Waals surface area contributed by atoms with E-state index in [0.717, 1.165) is 25.2 Å². The molecule has 0 aliphatic carbocycles. The maximum Gasteiger partial charge on any atom is 0.249 e. The number of rotatable bonds is 10. The molecule has 0 radical (unpaired) electrons. The van der Waals surface area contributed by atoms with Crippen molar-refractivity contribution in [3.05, 3.63) is 30.6 Å². The Hall–Kier alpha value is -3.64. The standard InChI is InChI=1S/C24H35N9O3/c1-16(2)11-18(14-34)31(3)21-13-22(27-15-26-21)33-23(25)29-24(30-33)28-19-6-5-17(12-20(19)35-4)32-7-9-36-10-8-32/h5-6,12-13,15-16,18,34H,7-11,14H2,1-4H3,(H3,25,28,29,30)/t18-/m0/s1. The van der Waals surface area contributed by atoms with Gasteiger partial charge in [0.1, 0.15) is 17.9 Å². The summed E-state index contributed by atoms with van der Waals surface area (Å²) in [4.78, 5) is 17.3. The highest BCUT2D eigenvalue weighted by Crippen LogP contribution is 2.32. The van der Waals surface area contributed by atoms with Crippen molar-refractivity contribution in [2.45, 2.75) is 26.3 Å². The van der Waals surface area contributed by atoms with Gasteiger partial charge in [-0.2, -0.15) is 9.67 Å². The Kier molecular flexibility index (Phi) is 8.06. The van der Waals surface area contributed by atoms with Crippen LogP contribution in [-0.4, -0.2) is 82.9 Å². The second-order valence-corrected chi connectivity index (χ2v) is 9.13. The van der Waals surface area contributed by atoms with Gasteiger partial charge in [-0.1, -0.05) is 13.8 Å². The summed E-state index contributed by atoms with van der Waals surface area (Å²) in [5, 5.41) is 17.6. The first-order valence-electron chi connectivity index (χ1n) is 12.1. The van der Waals surface area contributed by atoms with Gasteiger partial charge in [0.15, 0.2) is 5.82 Å². The van der Waals surface area contributed by atoms with Crippen LogP contribution in [-0.2, 0) is 4.74 Å². The molecule has 1 aliphatic rings. The molecule has 0 spiro atoms. The molecule has 1 saturated heterocycles. The van der Waals surface area contributed by atoms with Crippen LogP contribution in [0.2, 0.25) is 0 Å². The third-order valence-corrected chi connectivity index (χ3v) is 6.16. The minimum atomic E-state index is -0.0639. The SMILES string of the molecule is COc1cc(N2CCOCC2)ccc1Nc1nc(N)n(-c2cc(N(C)[C@H](CO)CC(C)C)ncn2)n1. The van der Waals surface area contributed by atoms with E-state index in [1.807, 2.05) is 30.1 Å². The molecule has 36 heavy (non-hydrogen) atoms. The quantitative estimate of drug-likeness (QED) is 0.379. The van der Waals surface area contributed by atoms with Crippen LogP contribution in [0.1, 0.15) is 20.3 Å². The van der Waals surface area contributed by atoms with Gasteiger partial charge >= 0.3 is 0 Å². The Balaban J connectivity index is 1.54. The van der Waals surface area contributed by atoms with Crippen molar-refractivity contribution in [3.8, 4) is 11.6 Å². The molecule has 4 N–H and O–H groups in total. The van der Waals surface area contributed by atoms with Gasteiger partial charge in [0.25, 0.3) is 0 Å². The predicted octanol–water partition coefficient (Wildman–Crippen LogP) is 2.07. The summed E-state index contributed by atoms with van der Waals surface area (Å²) in [6, 6.07) is 7.65. The van der Waals surface area contributed by atoms with Crippen molar-refractivity contribution in [1.29, 1.82) is 0 Å². The number of ether oxygens (including phenoxy) is 2. The second-order valence-electron chi connectivity index (χ2n) is 9.13. The van der Waals surface area contributed by atoms with Gasteiger partial charge in [-0.05, 0) is 24.5 Å². The van der Waals surface area contributed by atoms with Crippen LogP contribution in [0, 0.1) is 5.92 Å². The molecule has 0 bridgehead atoms. The summed E-state index contributed by atoms with van der Waals surface area (Å²) in [6.07, 6.45) is 2.28. The van der Waals surface area contributed by atoms with Gasteiger partial charge in [-0.3, -0.25) is 0 Å². The Morgan fingerprint density at radius 1 is 1.22 bits per heavy atom. The molecular formula is C24H35N9O3. The van der Waals surface area contributed by atoms with E-state index in [9.17, 15) is 5.11 Å². The van der Waals surface area contributed by atoms with E-state index >= 15 is 0 Å². The number of hydrogen-bond donors (Lipinski definition) is 3. The number of nitrogens with two attached hydrogens (primary N) is 1. The molecule has 0 amide bonds. The van der Waals surface area contributed by atoms with Gasteiger partial charge < -0.3 is 35.4 Å². The second kappa shape index (κ2) is 11.4. The average molecular weight is 498 g/mol. The smallest absolute Gasteiger partial charge is 0.249 e. The van der Waals surface area contributed by atoms with E-state index in [1.54, 1.807) is 13.2 Å². The molecule has 2 aromatic heterocycles. The number of anilines is 5. The van der Waals surface area contributed by atoms with Crippen molar-refractivity contribution in [3.63, 3.8) is 0 Å². The van der Waals surface area contributed by atoms with Crippen LogP contribution < -0.4 is 25.6 Å². The van der Waals surface area contributed by atoms with E-state index in [1.165, 1.54) is 11.0 Å². The van der Waals surface area contributed by atoms with Gasteiger partial charge in [-0.15, -0.1) is 5.10 Å². The van der Waals surface area contributed by atoms with Crippen molar-refractivity contribution in [2.24, 2.45) is 5.92 Å². The third kappa shape index (κ3) is 5.77. The molecule has 1 aliphatic heterocycles. The minimum absolute atomic E-state index is 0.0275. The monoisotopic (exact) mass is 497 g/mol. The zero-order valence-corrected chi connectivity index (χ0v) is 21.3. The van der Waals surface area contributed by atoms with Crippen LogP contribution in [0.4, 0.5) is 29.1 Å². The highest BCUT2D eigenvalue weighted by molar-refractivity contribution is 5.68. The Morgan fingerprint density at radius 2 is 2.00 bits per heavy atom. The molecule has 3 heterocycles. The van der Waals surface area contributed by atoms with E-state index in [2.05, 4.69) is 44.1 Å². The molecular weight excluding hydrogens is 462 g/mol. The lowest BCUT2D eigenvalue weighted by molar-refractivity contribution is 0.122. The Bertz CT molecular complexity index is 1150. The lowest BCUT2D eigenvalue weighted by Crippen LogP contribution is -2.36. The highest BCUT2D eigenvalue weighted by atomic mass is 16.5. The minimum Gasteiger partial charge on any atom is -0.494 e. The number of benzene rings is 1. The number of aromatic nitrogens is 5. The Morgan fingerprint density at radius 3 is 2.69 bits per heavy atom. The van der Waals surface area contributed by atoms with E-state index < -0.39 is 0 Å². The van der Waals surface area contributed by atoms with Crippen LogP contribution in [0.3, 0.4) is 0 Å². The fourth-order valence-corrected chi connectivity index (χ4v) is 4.20. The maximum atomic E-state index is 9.86. The predicted molar refractivity (Wildman–Crippen MR) is 139 cm³/mol. The van der Waals surface area contributed by atoms with Crippen molar-refractivity contribution < 1.29 is 14.6 Å². The number of nitrogens with one attached hydrogen (secondary N) is 1. The summed E-state index contributed by atoms with van der Waals surface area (Å²) in [5.41, 5.74) is 7.96. The topological polar surface area (TPSA) is 140 Å². The molecule has 0 unspecified atom stereocenters. The van der Waals surface area contributed by atoms with Crippen LogP contribution >= 0.6 is 0 Å². The van der Waals surface area contributed by atoms with Gasteiger partial charge in [-0.25, -0.2) is 9.97 Å². The van der Waals surface area contributed by atoms with E-state index in [-0.39, 0.29) is 18.6 Å². The number of aliphatic hydroxyl groups excluding tert-OH is 1. The molecule has 1 fully saturated rings. The lowest BCUT2D eigenvalue weighted by Gasteiger charge is -2.29. The zero-order valence-electron chi connectivity index (χ0n) is 21.3. The van der Waals surface area contributed by atoms with Gasteiger partial charge in [0, 0.05) is 38.0 Å². The van der Waals surface area contributed by atoms with Crippen molar-refractivity contribution >= 4 is 29.1 Å². The van der Waals surface area contributed by atoms with Crippen molar-refractivity contribution in [1.82, 2.24) is 24.7 Å². The zero-order chi connectivity index (χ0) is 25.7. The molecule has 3 aromatic rings. The average Bonchev–Trinajstić information content (AvgIpc) is 3.27. The number of hydrogen-bond acceptors (Lipinski definition) is 11. The number of nitrogen functional groups attached to an aromatic ring is 1. The third-order valence-electron chi connectivity index (χ3n) is 6.16. The van der Waals surface area contributed by atoms with Crippen LogP contribution in [0.15, 0.2) is 30.6 Å². The first-order valence-corrected chi connectivity index (χ1v) is 12.1. The molecule has 12 heteroatoms. The summed E-state index contributed by atoms with van der Waals surface area (Å²) >= 11 is 0. The molecule has 0 saturated carbocycles.